The van der Waals surface area contributed by atoms with E-state index in [-0.39, 0.29) is 30.3 Å². The third-order valence-electron chi connectivity index (χ3n) is 3.58. The summed E-state index contributed by atoms with van der Waals surface area (Å²) in [6.45, 7) is 8.18. The molecular formula is C15H27NO4. The number of likely N-dealkylation sites (tertiary alicyclic amines) is 1. The number of rotatable bonds is 8. The van der Waals surface area contributed by atoms with E-state index in [2.05, 4.69) is 0 Å². The highest BCUT2D eigenvalue weighted by atomic mass is 16.5. The monoisotopic (exact) mass is 285 g/mol. The molecule has 5 nitrogen and oxygen atoms in total. The number of carbonyl (C=O) groups excluding carboxylic acids is 2. The van der Waals surface area contributed by atoms with Crippen LogP contribution >= 0.6 is 0 Å². The molecule has 0 saturated carbocycles. The van der Waals surface area contributed by atoms with Gasteiger partial charge in [0.25, 0.3) is 0 Å². The minimum absolute atomic E-state index is 0.0438. The molecule has 0 radical (unpaired) electrons. The summed E-state index contributed by atoms with van der Waals surface area (Å²) in [6.07, 6.45) is 3.43. The van der Waals surface area contributed by atoms with Gasteiger partial charge in [-0.15, -0.1) is 0 Å². The maximum atomic E-state index is 11.8. The molecule has 0 aromatic heterocycles. The summed E-state index contributed by atoms with van der Waals surface area (Å²) in [6, 6.07) is 0. The zero-order chi connectivity index (χ0) is 15.1. The molecule has 1 amide bonds. The summed E-state index contributed by atoms with van der Waals surface area (Å²) >= 11 is 0. The lowest BCUT2D eigenvalue weighted by molar-refractivity contribution is -0.154. The van der Waals surface area contributed by atoms with Crippen LogP contribution in [-0.4, -0.2) is 41.8 Å². The number of hydrogen-bond acceptors (Lipinski definition) is 4. The highest BCUT2D eigenvalue weighted by Gasteiger charge is 2.29. The van der Waals surface area contributed by atoms with Gasteiger partial charge in [-0.1, -0.05) is 13.8 Å². The van der Waals surface area contributed by atoms with Crippen molar-refractivity contribution in [2.45, 2.75) is 78.2 Å². The van der Waals surface area contributed by atoms with E-state index in [1.807, 2.05) is 25.7 Å². The zero-order valence-electron chi connectivity index (χ0n) is 13.1. The maximum absolute atomic E-state index is 11.8. The summed E-state index contributed by atoms with van der Waals surface area (Å²) in [4.78, 5) is 24.6. The first-order chi connectivity index (χ1) is 9.47. The molecule has 5 heteroatoms. The van der Waals surface area contributed by atoms with E-state index in [1.54, 1.807) is 0 Å². The summed E-state index contributed by atoms with van der Waals surface area (Å²) in [5.74, 6) is -0.0816. The Hall–Kier alpha value is -1.10. The second-order valence-corrected chi connectivity index (χ2v) is 5.38. The van der Waals surface area contributed by atoms with Crippen LogP contribution in [0.15, 0.2) is 0 Å². The predicted molar refractivity (Wildman–Crippen MR) is 76.0 cm³/mol. The molecule has 1 aliphatic rings. The molecule has 1 heterocycles. The Labute approximate surface area is 121 Å². The van der Waals surface area contributed by atoms with Crippen LogP contribution in [0.25, 0.3) is 0 Å². The molecule has 116 valence electrons. The molecule has 0 N–H and O–H groups in total. The molecule has 0 aromatic rings. The number of hydrogen-bond donors (Lipinski definition) is 0. The Kier molecular flexibility index (Phi) is 6.99. The largest absolute Gasteiger partial charge is 0.462 e. The van der Waals surface area contributed by atoms with Gasteiger partial charge in [0.15, 0.2) is 0 Å². The molecule has 1 fully saturated rings. The van der Waals surface area contributed by atoms with Crippen LogP contribution in [0.2, 0.25) is 0 Å². The molecule has 0 spiro atoms. The SMILES string of the molecule is CCC(CC(C)OC(CC)N1CCCC1=O)OC(C)=O. The minimum Gasteiger partial charge on any atom is -0.462 e. The number of ether oxygens (including phenoxy) is 2. The van der Waals surface area contributed by atoms with Crippen molar-refractivity contribution >= 4 is 11.9 Å². The third kappa shape index (κ3) is 5.12. The summed E-state index contributed by atoms with van der Waals surface area (Å²) in [5, 5.41) is 0. The maximum Gasteiger partial charge on any atom is 0.302 e. The summed E-state index contributed by atoms with van der Waals surface area (Å²) in [7, 11) is 0. The lowest BCUT2D eigenvalue weighted by Gasteiger charge is -2.30. The van der Waals surface area contributed by atoms with Crippen LogP contribution in [0.3, 0.4) is 0 Å². The van der Waals surface area contributed by atoms with Gasteiger partial charge in [-0.05, 0) is 26.2 Å². The van der Waals surface area contributed by atoms with Crippen molar-refractivity contribution < 1.29 is 19.1 Å². The zero-order valence-corrected chi connectivity index (χ0v) is 13.1. The first-order valence-corrected chi connectivity index (χ1v) is 7.60. The highest BCUT2D eigenvalue weighted by molar-refractivity contribution is 5.78. The fourth-order valence-corrected chi connectivity index (χ4v) is 2.59. The van der Waals surface area contributed by atoms with Crippen molar-refractivity contribution in [1.82, 2.24) is 4.90 Å². The average molecular weight is 285 g/mol. The van der Waals surface area contributed by atoms with E-state index < -0.39 is 0 Å². The number of amides is 1. The average Bonchev–Trinajstić information content (AvgIpc) is 2.80. The van der Waals surface area contributed by atoms with Crippen LogP contribution in [-0.2, 0) is 19.1 Å². The van der Waals surface area contributed by atoms with Crippen molar-refractivity contribution in [3.8, 4) is 0 Å². The Bertz CT molecular complexity index is 332. The van der Waals surface area contributed by atoms with E-state index >= 15 is 0 Å². The Morgan fingerprint density at radius 1 is 1.35 bits per heavy atom. The molecule has 3 atom stereocenters. The molecular weight excluding hydrogens is 258 g/mol. The van der Waals surface area contributed by atoms with E-state index in [0.29, 0.717) is 12.8 Å². The summed E-state index contributed by atoms with van der Waals surface area (Å²) in [5.41, 5.74) is 0. The first kappa shape index (κ1) is 17.0. The topological polar surface area (TPSA) is 55.8 Å². The van der Waals surface area contributed by atoms with E-state index in [4.69, 9.17) is 9.47 Å². The molecule has 0 bridgehead atoms. The number of esters is 1. The van der Waals surface area contributed by atoms with Crippen LogP contribution < -0.4 is 0 Å². The Morgan fingerprint density at radius 3 is 2.50 bits per heavy atom. The molecule has 0 aromatic carbocycles. The van der Waals surface area contributed by atoms with Gasteiger partial charge in [0.05, 0.1) is 6.10 Å². The van der Waals surface area contributed by atoms with Gasteiger partial charge in [-0.25, -0.2) is 0 Å². The fraction of sp³-hybridized carbons (Fsp3) is 0.867. The van der Waals surface area contributed by atoms with Gasteiger partial charge in [-0.2, -0.15) is 0 Å². The second kappa shape index (κ2) is 8.25. The Balaban J connectivity index is 2.47. The lowest BCUT2D eigenvalue weighted by atomic mass is 10.1. The number of nitrogens with zero attached hydrogens (tertiary/aromatic N) is 1. The van der Waals surface area contributed by atoms with Gasteiger partial charge in [0, 0.05) is 26.3 Å². The third-order valence-corrected chi connectivity index (χ3v) is 3.58. The Morgan fingerprint density at radius 2 is 2.05 bits per heavy atom. The van der Waals surface area contributed by atoms with Gasteiger partial charge in [-0.3, -0.25) is 9.59 Å². The van der Waals surface area contributed by atoms with E-state index in [1.165, 1.54) is 6.92 Å². The smallest absolute Gasteiger partial charge is 0.302 e. The second-order valence-electron chi connectivity index (χ2n) is 5.38. The van der Waals surface area contributed by atoms with Gasteiger partial charge < -0.3 is 14.4 Å². The minimum atomic E-state index is -0.259. The molecule has 0 aliphatic carbocycles. The van der Waals surface area contributed by atoms with Crippen molar-refractivity contribution in [2.75, 3.05) is 6.54 Å². The van der Waals surface area contributed by atoms with Crippen LogP contribution in [0, 0.1) is 0 Å². The molecule has 1 aliphatic heterocycles. The predicted octanol–water partition coefficient (Wildman–Crippen LogP) is 2.48. The molecule has 1 rings (SSSR count). The van der Waals surface area contributed by atoms with Crippen LogP contribution in [0.5, 0.6) is 0 Å². The highest BCUT2D eigenvalue weighted by Crippen LogP contribution is 2.20. The van der Waals surface area contributed by atoms with Gasteiger partial charge >= 0.3 is 5.97 Å². The van der Waals surface area contributed by atoms with E-state index in [0.717, 1.165) is 25.8 Å². The van der Waals surface area contributed by atoms with Crippen LogP contribution in [0.1, 0.15) is 59.8 Å². The molecule has 1 saturated heterocycles. The molecule has 20 heavy (non-hydrogen) atoms. The van der Waals surface area contributed by atoms with Gasteiger partial charge in [0.1, 0.15) is 12.3 Å². The van der Waals surface area contributed by atoms with Crippen LogP contribution in [0.4, 0.5) is 0 Å². The lowest BCUT2D eigenvalue weighted by Crippen LogP contribution is -2.40. The van der Waals surface area contributed by atoms with Crippen molar-refractivity contribution in [3.05, 3.63) is 0 Å². The van der Waals surface area contributed by atoms with Crippen molar-refractivity contribution in [3.63, 3.8) is 0 Å². The van der Waals surface area contributed by atoms with E-state index in [9.17, 15) is 9.59 Å². The number of carbonyl (C=O) groups is 2. The molecule has 3 unspecified atom stereocenters. The van der Waals surface area contributed by atoms with Gasteiger partial charge in [0.2, 0.25) is 5.91 Å². The quantitative estimate of drug-likeness (QED) is 0.643. The first-order valence-electron chi connectivity index (χ1n) is 7.60. The fourth-order valence-electron chi connectivity index (χ4n) is 2.59. The normalized spacial score (nSPS) is 19.8. The summed E-state index contributed by atoms with van der Waals surface area (Å²) < 4.78 is 11.2. The standard InChI is InChI=1S/C15H27NO4/c1-5-13(20-12(4)17)10-11(3)19-15(6-2)16-9-7-8-14(16)18/h11,13,15H,5-10H2,1-4H3. The van der Waals surface area contributed by atoms with Crippen molar-refractivity contribution in [1.29, 1.82) is 0 Å². The van der Waals surface area contributed by atoms with Crippen molar-refractivity contribution in [2.24, 2.45) is 0 Å².